The van der Waals surface area contributed by atoms with E-state index in [1.54, 1.807) is 7.05 Å². The third kappa shape index (κ3) is 5.68. The van der Waals surface area contributed by atoms with Crippen molar-refractivity contribution in [2.45, 2.75) is 39.7 Å². The maximum atomic E-state index is 11.8. The fraction of sp³-hybridized carbons (Fsp3) is 0.667. The molecule has 0 spiro atoms. The van der Waals surface area contributed by atoms with E-state index in [1.165, 1.54) is 11.0 Å². The first kappa shape index (κ1) is 15.9. The minimum atomic E-state index is -0.946. The number of aliphatic carboxylic acids is 1. The number of hydrogen-bond donors (Lipinski definition) is 3. The van der Waals surface area contributed by atoms with Crippen molar-refractivity contribution in [3.05, 3.63) is 6.33 Å². The normalized spacial score (nSPS) is 12.8. The predicted molar refractivity (Wildman–Crippen MR) is 73.3 cm³/mol. The van der Waals surface area contributed by atoms with Gasteiger partial charge in [0.15, 0.2) is 0 Å². The Hall–Kier alpha value is -2.12. The van der Waals surface area contributed by atoms with Crippen molar-refractivity contribution < 1.29 is 14.7 Å². The fourth-order valence-electron chi connectivity index (χ4n) is 1.86. The largest absolute Gasteiger partial charge is 0.481 e. The van der Waals surface area contributed by atoms with Gasteiger partial charge in [-0.15, -0.1) is 0 Å². The highest BCUT2D eigenvalue weighted by Crippen LogP contribution is 2.22. The minimum Gasteiger partial charge on any atom is -0.481 e. The summed E-state index contributed by atoms with van der Waals surface area (Å²) in [6.45, 7) is 5.97. The van der Waals surface area contributed by atoms with Crippen LogP contribution in [0.3, 0.4) is 0 Å². The lowest BCUT2D eigenvalue weighted by atomic mass is 9.87. The molecule has 8 heteroatoms. The smallest absolute Gasteiger partial charge is 0.321 e. The molecule has 1 unspecified atom stereocenters. The Bertz CT molecular complexity index is 478. The molecule has 0 saturated heterocycles. The maximum Gasteiger partial charge on any atom is 0.321 e. The molecule has 1 aromatic rings. The summed E-state index contributed by atoms with van der Waals surface area (Å²) in [5.41, 5.74) is -0.0851. The molecular weight excluding hydrogens is 262 g/mol. The SMILES string of the molecule is Cn1ncnc1NC(=O)NC(CC(=O)O)CC(C)(C)C. The number of carbonyl (C=O) groups is 2. The summed E-state index contributed by atoms with van der Waals surface area (Å²) in [5, 5.41) is 17.9. The molecule has 1 aromatic heterocycles. The summed E-state index contributed by atoms with van der Waals surface area (Å²) in [6.07, 6.45) is 1.76. The summed E-state index contributed by atoms with van der Waals surface area (Å²) >= 11 is 0. The number of rotatable bonds is 5. The van der Waals surface area contributed by atoms with E-state index in [-0.39, 0.29) is 11.8 Å². The number of anilines is 1. The topological polar surface area (TPSA) is 109 Å². The molecule has 0 bridgehead atoms. The van der Waals surface area contributed by atoms with Crippen LogP contribution < -0.4 is 10.6 Å². The van der Waals surface area contributed by atoms with Crippen LogP contribution in [0.25, 0.3) is 0 Å². The lowest BCUT2D eigenvalue weighted by Crippen LogP contribution is -2.41. The Morgan fingerprint density at radius 3 is 2.55 bits per heavy atom. The molecule has 2 amide bonds. The van der Waals surface area contributed by atoms with Crippen molar-refractivity contribution in [3.63, 3.8) is 0 Å². The average Bonchev–Trinajstić information content (AvgIpc) is 2.60. The van der Waals surface area contributed by atoms with Crippen LogP contribution in [-0.2, 0) is 11.8 Å². The van der Waals surface area contributed by atoms with E-state index < -0.39 is 18.0 Å². The van der Waals surface area contributed by atoms with Crippen LogP contribution in [0.2, 0.25) is 0 Å². The van der Waals surface area contributed by atoms with Gasteiger partial charge < -0.3 is 10.4 Å². The number of carbonyl (C=O) groups excluding carboxylic acids is 1. The van der Waals surface area contributed by atoms with E-state index in [2.05, 4.69) is 20.7 Å². The number of nitrogens with zero attached hydrogens (tertiary/aromatic N) is 3. The van der Waals surface area contributed by atoms with Gasteiger partial charge in [0.05, 0.1) is 6.42 Å². The quantitative estimate of drug-likeness (QED) is 0.752. The van der Waals surface area contributed by atoms with E-state index in [9.17, 15) is 9.59 Å². The van der Waals surface area contributed by atoms with Crippen molar-refractivity contribution >= 4 is 17.9 Å². The summed E-state index contributed by atoms with van der Waals surface area (Å²) in [6, 6.07) is -0.933. The maximum absolute atomic E-state index is 11.8. The van der Waals surface area contributed by atoms with E-state index >= 15 is 0 Å². The van der Waals surface area contributed by atoms with Gasteiger partial charge in [0.2, 0.25) is 5.95 Å². The number of carboxylic acids is 1. The van der Waals surface area contributed by atoms with Crippen molar-refractivity contribution in [1.29, 1.82) is 0 Å². The Labute approximate surface area is 117 Å². The molecule has 20 heavy (non-hydrogen) atoms. The number of amides is 2. The average molecular weight is 283 g/mol. The standard InChI is InChI=1S/C12H21N5O3/c1-12(2,3)6-8(5-9(18)19)15-11(20)16-10-13-7-14-17(10)4/h7-8H,5-6H2,1-4H3,(H,18,19)(H2,13,14,15,16,20). The first-order valence-electron chi connectivity index (χ1n) is 6.30. The first-order valence-corrected chi connectivity index (χ1v) is 6.30. The van der Waals surface area contributed by atoms with Gasteiger partial charge in [-0.2, -0.15) is 10.1 Å². The van der Waals surface area contributed by atoms with Gasteiger partial charge in [-0.05, 0) is 11.8 Å². The molecule has 0 aromatic carbocycles. The zero-order chi connectivity index (χ0) is 15.3. The zero-order valence-electron chi connectivity index (χ0n) is 12.2. The van der Waals surface area contributed by atoms with Crippen LogP contribution in [0.4, 0.5) is 10.7 Å². The van der Waals surface area contributed by atoms with Gasteiger partial charge in [0, 0.05) is 13.1 Å². The second-order valence-corrected chi connectivity index (χ2v) is 5.87. The van der Waals surface area contributed by atoms with E-state index in [0.29, 0.717) is 12.4 Å². The molecule has 112 valence electrons. The zero-order valence-corrected chi connectivity index (χ0v) is 12.2. The number of aromatic nitrogens is 3. The van der Waals surface area contributed by atoms with Crippen molar-refractivity contribution in [1.82, 2.24) is 20.1 Å². The molecular formula is C12H21N5O3. The van der Waals surface area contributed by atoms with Crippen LogP contribution in [0.1, 0.15) is 33.6 Å². The first-order chi connectivity index (χ1) is 9.17. The second kappa shape index (κ2) is 6.36. The summed E-state index contributed by atoms with van der Waals surface area (Å²) in [4.78, 5) is 26.6. The van der Waals surface area contributed by atoms with Gasteiger partial charge in [0.25, 0.3) is 0 Å². The molecule has 3 N–H and O–H groups in total. The van der Waals surface area contributed by atoms with Crippen molar-refractivity contribution in [3.8, 4) is 0 Å². The molecule has 0 aliphatic carbocycles. The van der Waals surface area contributed by atoms with Gasteiger partial charge in [-0.1, -0.05) is 20.8 Å². The molecule has 0 radical (unpaired) electrons. The van der Waals surface area contributed by atoms with Crippen molar-refractivity contribution in [2.75, 3.05) is 5.32 Å². The fourth-order valence-corrected chi connectivity index (χ4v) is 1.86. The molecule has 0 saturated carbocycles. The molecule has 0 aliphatic heterocycles. The molecule has 0 aliphatic rings. The monoisotopic (exact) mass is 283 g/mol. The highest BCUT2D eigenvalue weighted by Gasteiger charge is 2.23. The van der Waals surface area contributed by atoms with Gasteiger partial charge in [0.1, 0.15) is 6.33 Å². The molecule has 1 heterocycles. The second-order valence-electron chi connectivity index (χ2n) is 5.87. The van der Waals surface area contributed by atoms with Crippen LogP contribution in [0.5, 0.6) is 0 Å². The van der Waals surface area contributed by atoms with Crippen molar-refractivity contribution in [2.24, 2.45) is 12.5 Å². The summed E-state index contributed by atoms with van der Waals surface area (Å²) in [7, 11) is 1.65. The Kier molecular flexibility index (Phi) is 5.06. The Morgan fingerprint density at radius 1 is 1.45 bits per heavy atom. The van der Waals surface area contributed by atoms with E-state index in [4.69, 9.17) is 5.11 Å². The lowest BCUT2D eigenvalue weighted by molar-refractivity contribution is -0.137. The van der Waals surface area contributed by atoms with Gasteiger partial charge in [-0.25, -0.2) is 9.48 Å². The Morgan fingerprint density at radius 2 is 2.10 bits per heavy atom. The molecule has 8 nitrogen and oxygen atoms in total. The van der Waals surface area contributed by atoms with Gasteiger partial charge in [-0.3, -0.25) is 10.1 Å². The highest BCUT2D eigenvalue weighted by atomic mass is 16.4. The molecule has 0 fully saturated rings. The summed E-state index contributed by atoms with van der Waals surface area (Å²) in [5.74, 6) is -0.648. The predicted octanol–water partition coefficient (Wildman–Crippen LogP) is 1.22. The highest BCUT2D eigenvalue weighted by molar-refractivity contribution is 5.87. The third-order valence-electron chi connectivity index (χ3n) is 2.55. The number of urea groups is 1. The number of nitrogens with one attached hydrogen (secondary N) is 2. The molecule has 1 rings (SSSR count). The number of hydrogen-bond acceptors (Lipinski definition) is 4. The Balaban J connectivity index is 2.62. The molecule has 1 atom stereocenters. The van der Waals surface area contributed by atoms with E-state index in [1.807, 2.05) is 20.8 Å². The number of carboxylic acid groups (broad SMARTS) is 1. The van der Waals surface area contributed by atoms with Gasteiger partial charge >= 0.3 is 12.0 Å². The third-order valence-corrected chi connectivity index (χ3v) is 2.55. The van der Waals surface area contributed by atoms with Crippen LogP contribution >= 0.6 is 0 Å². The number of aryl methyl sites for hydroxylation is 1. The van der Waals surface area contributed by atoms with Crippen LogP contribution in [0, 0.1) is 5.41 Å². The minimum absolute atomic E-state index is 0.0851. The summed E-state index contributed by atoms with van der Waals surface area (Å²) < 4.78 is 1.41. The lowest BCUT2D eigenvalue weighted by Gasteiger charge is -2.25. The van der Waals surface area contributed by atoms with Crippen LogP contribution in [0.15, 0.2) is 6.33 Å². The van der Waals surface area contributed by atoms with Crippen LogP contribution in [-0.4, -0.2) is 37.9 Å². The van der Waals surface area contributed by atoms with E-state index in [0.717, 1.165) is 0 Å².